The van der Waals surface area contributed by atoms with Gasteiger partial charge in [-0.15, -0.1) is 0 Å². The Labute approximate surface area is 197 Å². The van der Waals surface area contributed by atoms with Gasteiger partial charge in [-0.05, 0) is 74.4 Å². The van der Waals surface area contributed by atoms with Gasteiger partial charge in [-0.2, -0.15) is 0 Å². The fraction of sp³-hybridized carbons (Fsp3) is 0.440. The van der Waals surface area contributed by atoms with E-state index in [9.17, 15) is 9.59 Å². The highest BCUT2D eigenvalue weighted by Gasteiger charge is 2.40. The Morgan fingerprint density at radius 2 is 1.81 bits per heavy atom. The molecule has 0 aliphatic heterocycles. The monoisotopic (exact) mass is 500 g/mol. The zero-order valence-corrected chi connectivity index (χ0v) is 20.2. The van der Waals surface area contributed by atoms with Crippen molar-refractivity contribution >= 4 is 28.1 Å². The summed E-state index contributed by atoms with van der Waals surface area (Å²) in [7, 11) is 0. The summed E-state index contributed by atoms with van der Waals surface area (Å²) < 4.78 is 11.8. The first-order valence-corrected chi connectivity index (χ1v) is 11.8. The molecule has 2 amide bonds. The summed E-state index contributed by atoms with van der Waals surface area (Å²) in [5.74, 6) is 0.295. The molecule has 2 aliphatic carbocycles. The molecule has 4 rings (SSSR count). The van der Waals surface area contributed by atoms with Gasteiger partial charge in [0.15, 0.2) is 0 Å². The van der Waals surface area contributed by atoms with E-state index in [4.69, 9.17) is 9.47 Å². The van der Waals surface area contributed by atoms with Gasteiger partial charge in [0.1, 0.15) is 12.2 Å². The second-order valence-corrected chi connectivity index (χ2v) is 10.4. The number of aryl methyl sites for hydroxylation is 1. The summed E-state index contributed by atoms with van der Waals surface area (Å²) in [6, 6.07) is 14.3. The smallest absolute Gasteiger partial charge is 0.407 e. The fourth-order valence-corrected chi connectivity index (χ4v) is 4.52. The van der Waals surface area contributed by atoms with E-state index in [1.807, 2.05) is 51.1 Å². The minimum atomic E-state index is -0.499. The van der Waals surface area contributed by atoms with Gasteiger partial charge in [0.05, 0.1) is 6.04 Å². The molecule has 1 saturated carbocycles. The summed E-state index contributed by atoms with van der Waals surface area (Å²) >= 11 is 3.49. The van der Waals surface area contributed by atoms with Crippen LogP contribution in [0.25, 0.3) is 0 Å². The maximum Gasteiger partial charge on any atom is 0.407 e. The van der Waals surface area contributed by atoms with E-state index in [0.717, 1.165) is 40.4 Å². The van der Waals surface area contributed by atoms with E-state index in [1.54, 1.807) is 0 Å². The lowest BCUT2D eigenvalue weighted by Gasteiger charge is -2.19. The third-order valence-corrected chi connectivity index (χ3v) is 6.24. The average Bonchev–Trinajstić information content (AvgIpc) is 3.36. The molecule has 2 aliphatic rings. The Morgan fingerprint density at radius 1 is 1.06 bits per heavy atom. The van der Waals surface area contributed by atoms with Crippen LogP contribution >= 0.6 is 15.9 Å². The van der Waals surface area contributed by atoms with Gasteiger partial charge >= 0.3 is 12.2 Å². The molecule has 2 aromatic carbocycles. The maximum atomic E-state index is 12.3. The van der Waals surface area contributed by atoms with Gasteiger partial charge in [0.2, 0.25) is 0 Å². The Morgan fingerprint density at radius 3 is 2.53 bits per heavy atom. The average molecular weight is 501 g/mol. The third kappa shape index (κ3) is 5.82. The zero-order valence-electron chi connectivity index (χ0n) is 18.6. The number of benzene rings is 2. The molecule has 170 valence electrons. The predicted octanol–water partition coefficient (Wildman–Crippen LogP) is 5.74. The van der Waals surface area contributed by atoms with Crippen molar-refractivity contribution in [2.24, 2.45) is 0 Å². The lowest BCUT2D eigenvalue weighted by atomic mass is 10.1. The number of ether oxygens (including phenoxy) is 2. The predicted molar refractivity (Wildman–Crippen MR) is 125 cm³/mol. The molecule has 0 aromatic heterocycles. The highest BCUT2D eigenvalue weighted by atomic mass is 79.9. The number of amides is 2. The van der Waals surface area contributed by atoms with Crippen molar-refractivity contribution < 1.29 is 19.1 Å². The normalized spacial score (nSPS) is 21.4. The van der Waals surface area contributed by atoms with Crippen LogP contribution in [0.3, 0.4) is 0 Å². The summed E-state index contributed by atoms with van der Waals surface area (Å²) in [6.45, 7) is 5.77. The number of rotatable bonds is 5. The molecule has 0 bridgehead atoms. The van der Waals surface area contributed by atoms with Crippen molar-refractivity contribution in [1.82, 2.24) is 10.6 Å². The first kappa shape index (κ1) is 22.6. The van der Waals surface area contributed by atoms with Crippen LogP contribution in [0, 0.1) is 0 Å². The SMILES string of the molecule is CC(C)(C)OC(=O)N[C@@H]1C[C@H]1c1ccc(COC(=O)N[C@@H]2CCc3cc(Br)ccc32)cc1. The zero-order chi connectivity index (χ0) is 22.9. The summed E-state index contributed by atoms with van der Waals surface area (Å²) in [6.07, 6.45) is 1.95. The molecule has 32 heavy (non-hydrogen) atoms. The molecular formula is C25H29BrN2O4. The van der Waals surface area contributed by atoms with Crippen LogP contribution in [-0.2, 0) is 22.5 Å². The topological polar surface area (TPSA) is 76.7 Å². The van der Waals surface area contributed by atoms with Crippen LogP contribution in [-0.4, -0.2) is 23.8 Å². The minimum absolute atomic E-state index is 0.00255. The molecule has 0 spiro atoms. The third-order valence-electron chi connectivity index (χ3n) is 5.75. The van der Waals surface area contributed by atoms with Gasteiger partial charge in [-0.1, -0.05) is 46.3 Å². The van der Waals surface area contributed by atoms with Gasteiger partial charge in [-0.3, -0.25) is 0 Å². The van der Waals surface area contributed by atoms with Gasteiger partial charge in [0.25, 0.3) is 0 Å². The number of halogens is 1. The highest BCUT2D eigenvalue weighted by molar-refractivity contribution is 9.10. The summed E-state index contributed by atoms with van der Waals surface area (Å²) in [5.41, 5.74) is 4.01. The quantitative estimate of drug-likeness (QED) is 0.548. The molecular weight excluding hydrogens is 472 g/mol. The number of hydrogen-bond donors (Lipinski definition) is 2. The Bertz CT molecular complexity index is 1000. The number of nitrogens with one attached hydrogen (secondary N) is 2. The van der Waals surface area contributed by atoms with Crippen molar-refractivity contribution in [2.75, 3.05) is 0 Å². The highest BCUT2D eigenvalue weighted by Crippen LogP contribution is 2.41. The standard InChI is InChI=1S/C25H29BrN2O4/c1-25(2,3)32-24(30)28-22-13-20(22)16-6-4-15(5-7-16)14-31-23(29)27-21-11-8-17-12-18(26)9-10-19(17)21/h4-7,9-10,12,20-22H,8,11,13-14H2,1-3H3,(H,27,29)(H,28,30)/t20-,21+,22+/m0/s1. The summed E-state index contributed by atoms with van der Waals surface area (Å²) in [5, 5.41) is 5.89. The Kier molecular flexibility index (Phi) is 6.47. The van der Waals surface area contributed by atoms with Crippen LogP contribution in [0.1, 0.15) is 67.8 Å². The van der Waals surface area contributed by atoms with Crippen LogP contribution in [0.4, 0.5) is 9.59 Å². The molecule has 1 fully saturated rings. The van der Waals surface area contributed by atoms with Gasteiger partial charge < -0.3 is 20.1 Å². The van der Waals surface area contributed by atoms with E-state index in [-0.39, 0.29) is 24.8 Å². The number of alkyl carbamates (subject to hydrolysis) is 2. The van der Waals surface area contributed by atoms with E-state index in [2.05, 4.69) is 38.7 Å². The van der Waals surface area contributed by atoms with Crippen molar-refractivity contribution in [2.45, 2.75) is 70.2 Å². The molecule has 0 saturated heterocycles. The molecule has 6 nitrogen and oxygen atoms in total. The molecule has 7 heteroatoms. The first-order chi connectivity index (χ1) is 15.2. The number of hydrogen-bond acceptors (Lipinski definition) is 4. The number of carbonyl (C=O) groups excluding carboxylic acids is 2. The van der Waals surface area contributed by atoms with E-state index in [1.165, 1.54) is 5.56 Å². The van der Waals surface area contributed by atoms with Crippen LogP contribution < -0.4 is 10.6 Å². The maximum absolute atomic E-state index is 12.3. The number of carbonyl (C=O) groups is 2. The van der Waals surface area contributed by atoms with Gasteiger partial charge in [-0.25, -0.2) is 9.59 Å². The van der Waals surface area contributed by atoms with Crippen molar-refractivity contribution in [3.63, 3.8) is 0 Å². The van der Waals surface area contributed by atoms with Crippen molar-refractivity contribution in [3.05, 3.63) is 69.2 Å². The molecule has 2 N–H and O–H groups in total. The first-order valence-electron chi connectivity index (χ1n) is 11.0. The van der Waals surface area contributed by atoms with E-state index < -0.39 is 11.7 Å². The van der Waals surface area contributed by atoms with Crippen LogP contribution in [0.2, 0.25) is 0 Å². The minimum Gasteiger partial charge on any atom is -0.445 e. The Balaban J connectivity index is 1.22. The molecule has 3 atom stereocenters. The van der Waals surface area contributed by atoms with E-state index in [0.29, 0.717) is 5.92 Å². The lowest BCUT2D eigenvalue weighted by molar-refractivity contribution is 0.0522. The number of fused-ring (bicyclic) bond motifs is 1. The van der Waals surface area contributed by atoms with Crippen LogP contribution in [0.15, 0.2) is 46.9 Å². The fourth-order valence-electron chi connectivity index (χ4n) is 4.11. The van der Waals surface area contributed by atoms with Crippen molar-refractivity contribution in [3.8, 4) is 0 Å². The molecule has 2 aromatic rings. The largest absolute Gasteiger partial charge is 0.445 e. The molecule has 0 unspecified atom stereocenters. The second-order valence-electron chi connectivity index (χ2n) is 9.49. The summed E-state index contributed by atoms with van der Waals surface area (Å²) in [4.78, 5) is 24.2. The molecule has 0 heterocycles. The molecule has 0 radical (unpaired) electrons. The van der Waals surface area contributed by atoms with E-state index >= 15 is 0 Å². The van der Waals surface area contributed by atoms with Gasteiger partial charge in [0, 0.05) is 16.4 Å². The Hall–Kier alpha value is -2.54. The van der Waals surface area contributed by atoms with Crippen molar-refractivity contribution in [1.29, 1.82) is 0 Å². The van der Waals surface area contributed by atoms with Crippen LogP contribution in [0.5, 0.6) is 0 Å². The lowest BCUT2D eigenvalue weighted by Crippen LogP contribution is -2.34. The second kappa shape index (κ2) is 9.14.